The predicted molar refractivity (Wildman–Crippen MR) is 143 cm³/mol. The third-order valence-corrected chi connectivity index (χ3v) is 10.3. The quantitative estimate of drug-likeness (QED) is 0.461. The minimum absolute atomic E-state index is 0.0899. The lowest BCUT2D eigenvalue weighted by molar-refractivity contribution is -0.112. The van der Waals surface area contributed by atoms with Gasteiger partial charge in [0.1, 0.15) is 0 Å². The Bertz CT molecular complexity index is 1230. The Labute approximate surface area is 226 Å². The van der Waals surface area contributed by atoms with Crippen LogP contribution in [-0.4, -0.2) is 34.4 Å². The van der Waals surface area contributed by atoms with Crippen LogP contribution in [0.4, 0.5) is 0 Å². The fraction of sp³-hybridized carbons (Fsp3) is 0.625. The van der Waals surface area contributed by atoms with Gasteiger partial charge in [0.15, 0.2) is 0 Å². The van der Waals surface area contributed by atoms with Crippen molar-refractivity contribution < 1.29 is 9.47 Å². The van der Waals surface area contributed by atoms with Crippen molar-refractivity contribution in [3.05, 3.63) is 59.7 Å². The molecule has 3 unspecified atom stereocenters. The van der Waals surface area contributed by atoms with Crippen LogP contribution < -0.4 is 0 Å². The number of nitrogens with zero attached hydrogens (tertiary/aromatic N) is 4. The summed E-state index contributed by atoms with van der Waals surface area (Å²) in [6.07, 6.45) is 15.9. The van der Waals surface area contributed by atoms with Gasteiger partial charge in [-0.25, -0.2) is 0 Å². The number of hydrogen-bond donors (Lipinski definition) is 0. The van der Waals surface area contributed by atoms with Gasteiger partial charge in [-0.1, -0.05) is 18.9 Å². The van der Waals surface area contributed by atoms with Gasteiger partial charge in [0.25, 0.3) is 0 Å². The van der Waals surface area contributed by atoms with Crippen LogP contribution in [-0.2, 0) is 20.3 Å². The van der Waals surface area contributed by atoms with Gasteiger partial charge in [-0.2, -0.15) is 10.5 Å². The Morgan fingerprint density at radius 3 is 2.26 bits per heavy atom. The lowest BCUT2D eigenvalue weighted by Crippen LogP contribution is -2.49. The lowest BCUT2D eigenvalue weighted by Gasteiger charge is -2.48. The van der Waals surface area contributed by atoms with E-state index in [1.807, 2.05) is 24.5 Å². The average Bonchev–Trinajstić information content (AvgIpc) is 3.56. The van der Waals surface area contributed by atoms with E-state index in [1.54, 1.807) is 0 Å². The summed E-state index contributed by atoms with van der Waals surface area (Å²) >= 11 is 0. The van der Waals surface area contributed by atoms with Crippen LogP contribution in [0.15, 0.2) is 42.7 Å². The van der Waals surface area contributed by atoms with Crippen LogP contribution in [0.1, 0.15) is 106 Å². The maximum Gasteiger partial charge on any atom is 0.0760 e. The molecule has 0 amide bonds. The smallest absolute Gasteiger partial charge is 0.0760 e. The monoisotopic (exact) mass is 510 g/mol. The summed E-state index contributed by atoms with van der Waals surface area (Å²) in [7, 11) is 0. The first kappa shape index (κ1) is 25.5. The second kappa shape index (κ2) is 10.1. The maximum absolute atomic E-state index is 9.90. The number of rotatable bonds is 5. The second-order valence-corrected chi connectivity index (χ2v) is 12.4. The highest BCUT2D eigenvalue weighted by atomic mass is 16.5. The largest absolute Gasteiger partial charge is 0.375 e. The Hall–Kier alpha value is -2.80. The van der Waals surface area contributed by atoms with Crippen molar-refractivity contribution in [1.82, 2.24) is 9.97 Å². The zero-order valence-electron chi connectivity index (χ0n) is 22.3. The van der Waals surface area contributed by atoms with E-state index in [2.05, 4.69) is 30.3 Å². The molecule has 2 aliphatic carbocycles. The average molecular weight is 511 g/mol. The van der Waals surface area contributed by atoms with E-state index in [-0.39, 0.29) is 27.9 Å². The van der Waals surface area contributed by atoms with Crippen molar-refractivity contribution in [2.24, 2.45) is 0 Å². The third kappa shape index (κ3) is 4.33. The molecule has 6 rings (SSSR count). The molecule has 4 aliphatic rings. The molecule has 4 atom stereocenters. The SMILES string of the molecule is N#CCC1(c2ccccn2)CCOC2(CCCC2c2ccnc([C@]3(CC#N)CCOC4(CCCC4)C3)c2)C1. The minimum atomic E-state index is -0.310. The summed E-state index contributed by atoms with van der Waals surface area (Å²) < 4.78 is 13.1. The van der Waals surface area contributed by atoms with Crippen molar-refractivity contribution in [3.63, 3.8) is 0 Å². The molecule has 6 heteroatoms. The van der Waals surface area contributed by atoms with Gasteiger partial charge < -0.3 is 9.47 Å². The molecule has 4 heterocycles. The van der Waals surface area contributed by atoms with Gasteiger partial charge in [0.2, 0.25) is 0 Å². The number of aromatic nitrogens is 2. The maximum atomic E-state index is 9.90. The Morgan fingerprint density at radius 1 is 0.789 bits per heavy atom. The molecule has 0 N–H and O–H groups in total. The van der Waals surface area contributed by atoms with Crippen LogP contribution in [0.25, 0.3) is 0 Å². The highest BCUT2D eigenvalue weighted by Crippen LogP contribution is 2.56. The minimum Gasteiger partial charge on any atom is -0.375 e. The molecule has 0 bridgehead atoms. The summed E-state index contributed by atoms with van der Waals surface area (Å²) in [4.78, 5) is 9.64. The van der Waals surface area contributed by atoms with Gasteiger partial charge in [-0.3, -0.25) is 9.97 Å². The molecule has 0 radical (unpaired) electrons. The first-order valence-electron chi connectivity index (χ1n) is 14.5. The van der Waals surface area contributed by atoms with Crippen LogP contribution in [0, 0.1) is 22.7 Å². The van der Waals surface area contributed by atoms with Gasteiger partial charge in [-0.05, 0) is 87.6 Å². The summed E-state index contributed by atoms with van der Waals surface area (Å²) in [5, 5.41) is 19.7. The topological polar surface area (TPSA) is 91.8 Å². The van der Waals surface area contributed by atoms with Crippen molar-refractivity contribution in [2.45, 2.75) is 111 Å². The molecule has 4 fully saturated rings. The van der Waals surface area contributed by atoms with Gasteiger partial charge in [-0.15, -0.1) is 0 Å². The Kier molecular flexibility index (Phi) is 6.75. The normalized spacial score (nSPS) is 34.2. The molecule has 198 valence electrons. The molecule has 2 saturated carbocycles. The first-order chi connectivity index (χ1) is 18.6. The molecule has 0 aromatic carbocycles. The van der Waals surface area contributed by atoms with Gasteiger partial charge >= 0.3 is 0 Å². The van der Waals surface area contributed by atoms with Gasteiger partial charge in [0.05, 0.1) is 23.3 Å². The van der Waals surface area contributed by atoms with Crippen molar-refractivity contribution in [1.29, 1.82) is 10.5 Å². The fourth-order valence-electron chi connectivity index (χ4n) is 8.47. The van der Waals surface area contributed by atoms with E-state index in [1.165, 1.54) is 18.4 Å². The third-order valence-electron chi connectivity index (χ3n) is 10.3. The number of ether oxygens (including phenoxy) is 2. The zero-order chi connectivity index (χ0) is 26.1. The van der Waals surface area contributed by atoms with Crippen molar-refractivity contribution in [2.75, 3.05) is 13.2 Å². The van der Waals surface area contributed by atoms with Gasteiger partial charge in [0, 0.05) is 66.6 Å². The number of nitriles is 2. The van der Waals surface area contributed by atoms with Crippen LogP contribution in [0.5, 0.6) is 0 Å². The first-order valence-corrected chi connectivity index (χ1v) is 14.5. The summed E-state index contributed by atoms with van der Waals surface area (Å²) in [5.74, 6) is 0.241. The van der Waals surface area contributed by atoms with E-state index in [0.29, 0.717) is 26.1 Å². The van der Waals surface area contributed by atoms with Crippen LogP contribution in [0.3, 0.4) is 0 Å². The molecule has 2 aromatic heterocycles. The van der Waals surface area contributed by atoms with Crippen molar-refractivity contribution in [3.8, 4) is 12.1 Å². The molecule has 2 saturated heterocycles. The van der Waals surface area contributed by atoms with Crippen molar-refractivity contribution >= 4 is 0 Å². The fourth-order valence-corrected chi connectivity index (χ4v) is 8.47. The zero-order valence-corrected chi connectivity index (χ0v) is 22.3. The number of pyridine rings is 2. The summed E-state index contributed by atoms with van der Waals surface area (Å²) in [5.41, 5.74) is 2.39. The van der Waals surface area contributed by atoms with E-state index < -0.39 is 0 Å². The van der Waals surface area contributed by atoms with Crippen LogP contribution in [0.2, 0.25) is 0 Å². The molecular weight excluding hydrogens is 472 g/mol. The summed E-state index contributed by atoms with van der Waals surface area (Å²) in [6, 6.07) is 15.5. The molecule has 2 spiro atoms. The molecule has 38 heavy (non-hydrogen) atoms. The molecule has 6 nitrogen and oxygen atoms in total. The van der Waals surface area contributed by atoms with E-state index in [9.17, 15) is 10.5 Å². The van der Waals surface area contributed by atoms with Crippen LogP contribution >= 0.6 is 0 Å². The Morgan fingerprint density at radius 2 is 1.53 bits per heavy atom. The molecule has 2 aromatic rings. The highest BCUT2D eigenvalue weighted by molar-refractivity contribution is 5.33. The number of hydrogen-bond acceptors (Lipinski definition) is 6. The predicted octanol–water partition coefficient (Wildman–Crippen LogP) is 6.42. The second-order valence-electron chi connectivity index (χ2n) is 12.4. The van der Waals surface area contributed by atoms with E-state index in [0.717, 1.165) is 69.2 Å². The van der Waals surface area contributed by atoms with E-state index >= 15 is 0 Å². The van der Waals surface area contributed by atoms with E-state index in [4.69, 9.17) is 19.4 Å². The standard InChI is InChI=1S/C32H38N4O2/c33-16-12-29(14-20-37-31(23-29)9-2-3-10-31)28-22-25(8-19-36-28)26-6-5-11-32(26)24-30(13-17-34,15-21-38-32)27-7-1-4-18-35-27/h1,4,7-8,18-19,22,26H,2-3,5-6,9-15,20-21,23-24H2/t26?,29-,30?,32?/m1/s1. The summed E-state index contributed by atoms with van der Waals surface area (Å²) in [6.45, 7) is 1.34. The lowest BCUT2D eigenvalue weighted by atomic mass is 9.64. The molecular formula is C32H38N4O2. The Balaban J connectivity index is 1.35. The molecule has 2 aliphatic heterocycles. The highest BCUT2D eigenvalue weighted by Gasteiger charge is 2.54.